The number of rotatable bonds is 11. The van der Waals surface area contributed by atoms with Crippen molar-refractivity contribution in [1.82, 2.24) is 10.9 Å². The van der Waals surface area contributed by atoms with Crippen molar-refractivity contribution in [2.24, 2.45) is 0 Å². The van der Waals surface area contributed by atoms with E-state index in [9.17, 15) is 14.4 Å². The Balaban J connectivity index is 1.67. The fraction of sp³-hybridized carbons (Fsp3) is 0.348. The summed E-state index contributed by atoms with van der Waals surface area (Å²) in [6.07, 6.45) is -0.110. The van der Waals surface area contributed by atoms with Gasteiger partial charge in [-0.25, -0.2) is 0 Å². The lowest BCUT2D eigenvalue weighted by Gasteiger charge is -2.15. The van der Waals surface area contributed by atoms with Crippen LogP contribution in [0.3, 0.4) is 0 Å². The number of ether oxygens (including phenoxy) is 3. The molecule has 0 aliphatic heterocycles. The largest absolute Gasteiger partial charge is 0.497 e. The highest BCUT2D eigenvalue weighted by Gasteiger charge is 2.16. The highest BCUT2D eigenvalue weighted by molar-refractivity contribution is 5.96. The molecule has 0 heterocycles. The minimum atomic E-state index is -0.810. The maximum absolute atomic E-state index is 12.1. The van der Waals surface area contributed by atoms with Crippen LogP contribution in [-0.2, 0) is 9.59 Å². The van der Waals surface area contributed by atoms with E-state index in [1.54, 1.807) is 62.6 Å². The van der Waals surface area contributed by atoms with Gasteiger partial charge in [0.1, 0.15) is 17.2 Å². The van der Waals surface area contributed by atoms with Crippen molar-refractivity contribution >= 4 is 17.6 Å². The van der Waals surface area contributed by atoms with Gasteiger partial charge in [0.2, 0.25) is 5.91 Å². The number of methoxy groups -OCH3 is 1. The number of hydrogen-bond donors (Lipinski definition) is 2. The summed E-state index contributed by atoms with van der Waals surface area (Å²) < 4.78 is 16.0. The molecule has 1 atom stereocenters. The number of ketones is 1. The number of carbonyl (C=O) groups excluding carboxylic acids is 3. The number of carbonyl (C=O) groups is 3. The molecule has 2 rings (SSSR count). The Morgan fingerprint density at radius 3 is 2.10 bits per heavy atom. The molecule has 31 heavy (non-hydrogen) atoms. The van der Waals surface area contributed by atoms with Crippen molar-refractivity contribution < 1.29 is 28.6 Å². The van der Waals surface area contributed by atoms with Gasteiger partial charge in [0.15, 0.2) is 11.9 Å². The zero-order valence-electron chi connectivity index (χ0n) is 18.0. The molecule has 0 aromatic heterocycles. The Morgan fingerprint density at radius 1 is 0.871 bits per heavy atom. The van der Waals surface area contributed by atoms with Crippen molar-refractivity contribution in [1.29, 1.82) is 0 Å². The molecule has 0 fully saturated rings. The predicted octanol–water partition coefficient (Wildman–Crippen LogP) is 3.06. The van der Waals surface area contributed by atoms with Crippen LogP contribution in [0.2, 0.25) is 0 Å². The van der Waals surface area contributed by atoms with E-state index in [-0.39, 0.29) is 24.5 Å². The van der Waals surface area contributed by atoms with Crippen LogP contribution in [0, 0.1) is 0 Å². The van der Waals surface area contributed by atoms with E-state index >= 15 is 0 Å². The molecular weight excluding hydrogens is 400 g/mol. The van der Waals surface area contributed by atoms with Crippen molar-refractivity contribution in [2.45, 2.75) is 39.2 Å². The predicted molar refractivity (Wildman–Crippen MR) is 115 cm³/mol. The minimum absolute atomic E-state index is 0.0585. The van der Waals surface area contributed by atoms with Crippen LogP contribution >= 0.6 is 0 Å². The summed E-state index contributed by atoms with van der Waals surface area (Å²) in [5.41, 5.74) is 5.23. The van der Waals surface area contributed by atoms with Crippen LogP contribution in [0.1, 0.15) is 43.5 Å². The van der Waals surface area contributed by atoms with Gasteiger partial charge in [0.25, 0.3) is 5.91 Å². The molecule has 2 aromatic rings. The summed E-state index contributed by atoms with van der Waals surface area (Å²) in [5.74, 6) is 0.962. The van der Waals surface area contributed by atoms with Crippen molar-refractivity contribution in [3.63, 3.8) is 0 Å². The molecule has 0 aliphatic rings. The Hall–Kier alpha value is -3.55. The second-order valence-corrected chi connectivity index (χ2v) is 6.71. The van der Waals surface area contributed by atoms with E-state index in [4.69, 9.17) is 14.2 Å². The van der Waals surface area contributed by atoms with Gasteiger partial charge in [0.05, 0.1) is 13.7 Å². The molecule has 0 saturated carbocycles. The first kappa shape index (κ1) is 23.7. The molecule has 8 nitrogen and oxygen atoms in total. The van der Waals surface area contributed by atoms with Gasteiger partial charge < -0.3 is 14.2 Å². The second kappa shape index (κ2) is 12.2. The maximum Gasteiger partial charge on any atom is 0.279 e. The quantitative estimate of drug-likeness (QED) is 0.421. The van der Waals surface area contributed by atoms with Crippen LogP contribution in [0.4, 0.5) is 0 Å². The molecule has 2 aromatic carbocycles. The second-order valence-electron chi connectivity index (χ2n) is 6.71. The average molecular weight is 428 g/mol. The van der Waals surface area contributed by atoms with E-state index in [1.165, 1.54) is 0 Å². The van der Waals surface area contributed by atoms with Crippen LogP contribution in [0.15, 0.2) is 48.5 Å². The Bertz CT molecular complexity index is 865. The molecule has 0 radical (unpaired) electrons. The van der Waals surface area contributed by atoms with Gasteiger partial charge in [0, 0.05) is 18.4 Å². The molecule has 2 N–H and O–H groups in total. The summed E-state index contributed by atoms with van der Waals surface area (Å²) in [5, 5.41) is 0. The lowest BCUT2D eigenvalue weighted by Crippen LogP contribution is -2.47. The van der Waals surface area contributed by atoms with Gasteiger partial charge in [-0.05, 0) is 68.8 Å². The van der Waals surface area contributed by atoms with Crippen molar-refractivity contribution in [2.75, 3.05) is 13.7 Å². The number of hydrogen-bond acceptors (Lipinski definition) is 6. The van der Waals surface area contributed by atoms with E-state index in [2.05, 4.69) is 10.9 Å². The first-order chi connectivity index (χ1) is 14.9. The molecule has 0 bridgehead atoms. The molecular formula is C23H28N2O6. The Morgan fingerprint density at radius 2 is 1.48 bits per heavy atom. The molecule has 0 spiro atoms. The summed E-state index contributed by atoms with van der Waals surface area (Å²) in [6, 6.07) is 13.7. The zero-order chi connectivity index (χ0) is 22.6. The molecule has 166 valence electrons. The number of nitrogens with one attached hydrogen (secondary N) is 2. The van der Waals surface area contributed by atoms with Gasteiger partial charge >= 0.3 is 0 Å². The maximum atomic E-state index is 12.1. The van der Waals surface area contributed by atoms with Crippen LogP contribution in [0.5, 0.6) is 17.2 Å². The number of benzene rings is 2. The smallest absolute Gasteiger partial charge is 0.279 e. The fourth-order valence-electron chi connectivity index (χ4n) is 2.66. The van der Waals surface area contributed by atoms with Crippen LogP contribution < -0.4 is 25.1 Å². The zero-order valence-corrected chi connectivity index (χ0v) is 18.0. The lowest BCUT2D eigenvalue weighted by molar-refractivity contribution is -0.132. The fourth-order valence-corrected chi connectivity index (χ4v) is 2.66. The van der Waals surface area contributed by atoms with Crippen LogP contribution in [-0.4, -0.2) is 37.4 Å². The molecule has 0 saturated heterocycles. The van der Waals surface area contributed by atoms with Gasteiger partial charge in [-0.15, -0.1) is 0 Å². The Labute approximate surface area is 181 Å². The minimum Gasteiger partial charge on any atom is -0.497 e. The third kappa shape index (κ3) is 8.00. The van der Waals surface area contributed by atoms with Crippen molar-refractivity contribution in [3.05, 3.63) is 54.1 Å². The first-order valence-electron chi connectivity index (χ1n) is 10.1. The van der Waals surface area contributed by atoms with Crippen molar-refractivity contribution in [3.8, 4) is 17.2 Å². The molecule has 0 aliphatic carbocycles. The SMILES string of the molecule is CCOc1ccc(OC(C)C(=O)NNC(=O)CCCC(=O)c2ccc(OC)cc2)cc1. The number of amides is 2. The highest BCUT2D eigenvalue weighted by Crippen LogP contribution is 2.18. The van der Waals surface area contributed by atoms with E-state index < -0.39 is 12.0 Å². The lowest BCUT2D eigenvalue weighted by atomic mass is 10.1. The summed E-state index contributed by atoms with van der Waals surface area (Å²) in [7, 11) is 1.56. The third-order valence-corrected chi connectivity index (χ3v) is 4.36. The van der Waals surface area contributed by atoms with Gasteiger partial charge in [-0.2, -0.15) is 0 Å². The Kier molecular flexibility index (Phi) is 9.35. The number of hydrazine groups is 1. The van der Waals surface area contributed by atoms with E-state index in [0.717, 1.165) is 0 Å². The average Bonchev–Trinajstić information content (AvgIpc) is 2.78. The summed E-state index contributed by atoms with van der Waals surface area (Å²) >= 11 is 0. The van der Waals surface area contributed by atoms with E-state index in [1.807, 2.05) is 6.92 Å². The van der Waals surface area contributed by atoms with Gasteiger partial charge in [-0.1, -0.05) is 0 Å². The molecule has 1 unspecified atom stereocenters. The van der Waals surface area contributed by atoms with Gasteiger partial charge in [-0.3, -0.25) is 25.2 Å². The van der Waals surface area contributed by atoms with Crippen LogP contribution in [0.25, 0.3) is 0 Å². The number of Topliss-reactive ketones (excluding diaryl/α,β-unsaturated/α-hetero) is 1. The topological polar surface area (TPSA) is 103 Å². The first-order valence-corrected chi connectivity index (χ1v) is 10.1. The summed E-state index contributed by atoms with van der Waals surface area (Å²) in [4.78, 5) is 36.2. The normalized spacial score (nSPS) is 11.2. The molecule has 8 heteroatoms. The van der Waals surface area contributed by atoms with E-state index in [0.29, 0.717) is 35.8 Å². The monoisotopic (exact) mass is 428 g/mol. The third-order valence-electron chi connectivity index (χ3n) is 4.36. The molecule has 2 amide bonds. The standard InChI is InChI=1S/C23H28N2O6/c1-4-30-19-12-14-20(15-13-19)31-16(2)23(28)25-24-22(27)7-5-6-21(26)17-8-10-18(29-3)11-9-17/h8-16H,4-7H2,1-3H3,(H,24,27)(H,25,28). The highest BCUT2D eigenvalue weighted by atomic mass is 16.5. The summed E-state index contributed by atoms with van der Waals surface area (Å²) in [6.45, 7) is 4.03.